The van der Waals surface area contributed by atoms with Crippen LogP contribution in [-0.4, -0.2) is 23.8 Å². The molecular weight excluding hydrogens is 216 g/mol. The molecule has 0 saturated carbocycles. The van der Waals surface area contributed by atoms with Gasteiger partial charge in [0.05, 0.1) is 23.7 Å². The highest BCUT2D eigenvalue weighted by molar-refractivity contribution is 7.84. The molecule has 0 aliphatic carbocycles. The molecule has 5 nitrogen and oxygen atoms in total. The van der Waals surface area contributed by atoms with Gasteiger partial charge in [-0.25, -0.2) is 17.6 Å². The zero-order valence-corrected chi connectivity index (χ0v) is 10.6. The molecule has 15 heavy (non-hydrogen) atoms. The van der Waals surface area contributed by atoms with E-state index in [2.05, 4.69) is 43.3 Å². The van der Waals surface area contributed by atoms with Gasteiger partial charge in [0, 0.05) is 20.1 Å². The van der Waals surface area contributed by atoms with Gasteiger partial charge in [-0.1, -0.05) is 0 Å². The van der Waals surface area contributed by atoms with Crippen molar-refractivity contribution in [1.82, 2.24) is 4.57 Å². The third kappa shape index (κ3) is 5.54. The molecule has 0 atom stereocenters. The summed E-state index contributed by atoms with van der Waals surface area (Å²) in [6, 6.07) is 0. The van der Waals surface area contributed by atoms with Gasteiger partial charge in [0.2, 0.25) is 6.33 Å². The topological polar surface area (TPSA) is 66.0 Å². The summed E-state index contributed by atoms with van der Waals surface area (Å²) in [6.07, 6.45) is 2.73. The molecule has 1 heterocycles. The van der Waals surface area contributed by atoms with Crippen LogP contribution in [0.25, 0.3) is 0 Å². The molecule has 0 saturated heterocycles. The van der Waals surface area contributed by atoms with Gasteiger partial charge in [0.1, 0.15) is 11.4 Å². The van der Waals surface area contributed by atoms with Crippen LogP contribution in [0.5, 0.6) is 0 Å². The van der Waals surface area contributed by atoms with Crippen LogP contribution < -0.4 is 4.57 Å². The van der Waals surface area contributed by atoms with E-state index in [1.54, 1.807) is 0 Å². The van der Waals surface area contributed by atoms with Crippen molar-refractivity contribution in [1.29, 1.82) is 0 Å². The fraction of sp³-hybridized carbons (Fsp3) is 0.667. The highest BCUT2D eigenvalue weighted by Crippen LogP contribution is 2.00. The van der Waals surface area contributed by atoms with Crippen LogP contribution in [0.2, 0.25) is 0 Å². The minimum absolute atomic E-state index is 0.604. The summed E-state index contributed by atoms with van der Waals surface area (Å²) < 4.78 is 31.6. The molecule has 1 rings (SSSR count). The normalized spacial score (nSPS) is 10.8. The van der Waals surface area contributed by atoms with E-state index in [1.807, 2.05) is 0 Å². The second kappa shape index (κ2) is 5.27. The smallest absolute Gasteiger partial charge is 0.243 e. The molecule has 0 radical (unpaired) electrons. The van der Waals surface area contributed by atoms with Crippen LogP contribution >= 0.6 is 0 Å². The van der Waals surface area contributed by atoms with Crippen LogP contribution in [0.15, 0.2) is 6.33 Å². The number of nitrogens with zero attached hydrogens (tertiary/aromatic N) is 2. The van der Waals surface area contributed by atoms with Crippen molar-refractivity contribution >= 4 is 10.1 Å². The minimum atomic E-state index is -3.92. The van der Waals surface area contributed by atoms with E-state index < -0.39 is 10.1 Å². The summed E-state index contributed by atoms with van der Waals surface area (Å²) in [5.41, 5.74) is 2.71. The van der Waals surface area contributed by atoms with Crippen molar-refractivity contribution in [2.45, 2.75) is 27.3 Å². The van der Waals surface area contributed by atoms with Gasteiger partial charge in [-0.15, -0.1) is 0 Å². The maximum Gasteiger partial charge on any atom is 0.243 e. The maximum atomic E-state index is 9.08. The molecule has 0 amide bonds. The van der Waals surface area contributed by atoms with E-state index in [0.717, 1.165) is 6.54 Å². The Kier molecular flexibility index (Phi) is 4.96. The number of rotatable bonds is 1. The summed E-state index contributed by atoms with van der Waals surface area (Å²) >= 11 is 0. The summed E-state index contributed by atoms with van der Waals surface area (Å²) in [5.74, 6) is 0. The van der Waals surface area contributed by atoms with Crippen molar-refractivity contribution in [2.75, 3.05) is 6.26 Å². The summed E-state index contributed by atoms with van der Waals surface area (Å²) in [6.45, 7) is 7.51. The largest absolute Gasteiger partial charge is 0.748 e. The molecule has 0 spiro atoms. The predicted octanol–water partition coefficient (Wildman–Crippen LogP) is 0.111. The molecule has 0 N–H and O–H groups in total. The van der Waals surface area contributed by atoms with Crippen molar-refractivity contribution in [3.05, 3.63) is 17.7 Å². The Balaban J connectivity index is 0.000000336. The standard InChI is InChI=1S/C8H15N2.CH4O3S/c1-5-10-6-9(4)7(2)8(10)3;1-5(2,3)4/h6H,5H2,1-4H3;1H3,(H,2,3,4)/q+1;/p-1. The zero-order chi connectivity index (χ0) is 12.2. The van der Waals surface area contributed by atoms with Crippen molar-refractivity contribution in [3.63, 3.8) is 0 Å². The average molecular weight is 234 g/mol. The van der Waals surface area contributed by atoms with Crippen molar-refractivity contribution < 1.29 is 17.5 Å². The molecular formula is C9H18N2O3S. The lowest BCUT2D eigenvalue weighted by molar-refractivity contribution is -0.677. The van der Waals surface area contributed by atoms with Gasteiger partial charge in [-0.05, 0) is 6.92 Å². The third-order valence-corrected chi connectivity index (χ3v) is 2.14. The van der Waals surface area contributed by atoms with Crippen LogP contribution in [0.3, 0.4) is 0 Å². The summed E-state index contributed by atoms with van der Waals surface area (Å²) in [5, 5.41) is 0. The number of aryl methyl sites for hydroxylation is 2. The lowest BCUT2D eigenvalue weighted by Crippen LogP contribution is -2.28. The van der Waals surface area contributed by atoms with E-state index in [1.165, 1.54) is 11.4 Å². The van der Waals surface area contributed by atoms with Crippen LogP contribution in [0.4, 0.5) is 0 Å². The molecule has 1 aromatic heterocycles. The Morgan fingerprint density at radius 3 is 2.00 bits per heavy atom. The second-order valence-corrected chi connectivity index (χ2v) is 4.80. The Hall–Kier alpha value is -0.880. The Morgan fingerprint density at radius 2 is 1.87 bits per heavy atom. The van der Waals surface area contributed by atoms with Crippen LogP contribution in [-0.2, 0) is 23.7 Å². The van der Waals surface area contributed by atoms with Gasteiger partial charge >= 0.3 is 0 Å². The highest BCUT2D eigenvalue weighted by atomic mass is 32.2. The molecule has 0 aliphatic rings. The number of aromatic nitrogens is 2. The molecule has 0 aliphatic heterocycles. The predicted molar refractivity (Wildman–Crippen MR) is 56.4 cm³/mol. The number of hydrogen-bond donors (Lipinski definition) is 0. The van der Waals surface area contributed by atoms with Gasteiger partial charge in [-0.2, -0.15) is 0 Å². The molecule has 0 aromatic carbocycles. The third-order valence-electron chi connectivity index (χ3n) is 2.14. The van der Waals surface area contributed by atoms with Gasteiger partial charge in [0.15, 0.2) is 0 Å². The first-order valence-electron chi connectivity index (χ1n) is 4.59. The van der Waals surface area contributed by atoms with E-state index in [9.17, 15) is 0 Å². The quantitative estimate of drug-likeness (QED) is 0.511. The summed E-state index contributed by atoms with van der Waals surface area (Å²) in [4.78, 5) is 0. The maximum absolute atomic E-state index is 9.08. The first-order valence-corrected chi connectivity index (χ1v) is 6.41. The Bertz CT molecular complexity index is 413. The molecule has 88 valence electrons. The van der Waals surface area contributed by atoms with E-state index >= 15 is 0 Å². The minimum Gasteiger partial charge on any atom is -0.748 e. The van der Waals surface area contributed by atoms with Crippen molar-refractivity contribution in [3.8, 4) is 0 Å². The lowest BCUT2D eigenvalue weighted by Gasteiger charge is -1.90. The monoisotopic (exact) mass is 234 g/mol. The average Bonchev–Trinajstić information content (AvgIpc) is 2.29. The second-order valence-electron chi connectivity index (χ2n) is 3.39. The Morgan fingerprint density at radius 1 is 1.47 bits per heavy atom. The molecule has 0 bridgehead atoms. The zero-order valence-electron chi connectivity index (χ0n) is 9.81. The van der Waals surface area contributed by atoms with Gasteiger partial charge in [0.25, 0.3) is 0 Å². The van der Waals surface area contributed by atoms with Gasteiger partial charge in [-0.3, -0.25) is 0 Å². The first kappa shape index (κ1) is 14.1. The molecule has 0 fully saturated rings. The SMILES string of the molecule is CCn1c[n+](C)c(C)c1C.CS(=O)(=O)[O-]. The van der Waals surface area contributed by atoms with Crippen LogP contribution in [0, 0.1) is 13.8 Å². The molecule has 1 aromatic rings. The fourth-order valence-electron chi connectivity index (χ4n) is 1.16. The number of imidazole rings is 1. The van der Waals surface area contributed by atoms with Gasteiger partial charge < -0.3 is 4.55 Å². The highest BCUT2D eigenvalue weighted by Gasteiger charge is 2.09. The van der Waals surface area contributed by atoms with E-state index in [-0.39, 0.29) is 0 Å². The number of hydrogen-bond acceptors (Lipinski definition) is 3. The molecule has 0 unspecified atom stereocenters. The molecule has 6 heteroatoms. The Labute approximate surface area is 91.1 Å². The summed E-state index contributed by atoms with van der Waals surface area (Å²) in [7, 11) is -1.84. The first-order chi connectivity index (χ1) is 6.66. The van der Waals surface area contributed by atoms with Crippen molar-refractivity contribution in [2.24, 2.45) is 7.05 Å². The van der Waals surface area contributed by atoms with Crippen LogP contribution in [0.1, 0.15) is 18.3 Å². The fourth-order valence-corrected chi connectivity index (χ4v) is 1.16. The van der Waals surface area contributed by atoms with E-state index in [0.29, 0.717) is 6.26 Å². The van der Waals surface area contributed by atoms with E-state index in [4.69, 9.17) is 13.0 Å². The lowest BCUT2D eigenvalue weighted by atomic mass is 10.4.